The highest BCUT2D eigenvalue weighted by Gasteiger charge is 2.45. The molecule has 22 heavy (non-hydrogen) atoms. The molecule has 0 heterocycles. The van der Waals surface area contributed by atoms with Crippen LogP contribution in [-0.2, 0) is 0 Å². The molecule has 24 radical (unpaired) electrons. The van der Waals surface area contributed by atoms with Crippen LogP contribution in [0, 0.1) is 0 Å². The van der Waals surface area contributed by atoms with E-state index in [0.717, 1.165) is 0 Å². The Morgan fingerprint density at radius 1 is 0.318 bits per heavy atom. The van der Waals surface area contributed by atoms with Crippen LogP contribution in [0.15, 0.2) is 0 Å². The normalized spacial score (nSPS) is 9.68. The number of hydrogen-bond donors (Lipinski definition) is 0. The summed E-state index contributed by atoms with van der Waals surface area (Å²) in [7, 11) is 69.7. The summed E-state index contributed by atoms with van der Waals surface area (Å²) in [4.78, 5) is 0. The first kappa shape index (κ1) is 23.4. The standard InChI is InChI=1S/CHB21/c2-17(3)14(18(4)5)1(15(19(6)7)20(8)9)16(21(10)11)22(12)13/h1H. The van der Waals surface area contributed by atoms with Gasteiger partial charge in [-0.3, -0.25) is 0 Å². The zero-order chi connectivity index (χ0) is 17.8. The van der Waals surface area contributed by atoms with Gasteiger partial charge < -0.3 is 0 Å². The fourth-order valence-corrected chi connectivity index (χ4v) is 3.08. The molecule has 0 saturated carbocycles. The van der Waals surface area contributed by atoms with Crippen LogP contribution in [-0.4, -0.2) is 151 Å². The smallest absolute Gasteiger partial charge is 0.0294 e. The molecule has 0 aliphatic carbocycles. The summed E-state index contributed by atoms with van der Waals surface area (Å²) in [5.41, 5.74) is -0.667. The van der Waals surface area contributed by atoms with Gasteiger partial charge in [-0.2, -0.15) is 0 Å². The Morgan fingerprint density at radius 2 is 0.455 bits per heavy atom. The van der Waals surface area contributed by atoms with Gasteiger partial charge in [0.05, 0.1) is 0 Å². The van der Waals surface area contributed by atoms with Gasteiger partial charge in [0.1, 0.15) is 0 Å². The Morgan fingerprint density at radius 3 is 0.545 bits per heavy atom. The average molecular weight is 240 g/mol. The minimum absolute atomic E-state index is 0.667. The zero-order valence-corrected chi connectivity index (χ0v) is 12.7. The second-order valence-electron chi connectivity index (χ2n) is 5.77. The summed E-state index contributed by atoms with van der Waals surface area (Å²) >= 11 is 0. The Kier molecular flexibility index (Phi) is 11.0. The lowest BCUT2D eigenvalue weighted by molar-refractivity contribution is 1.80. The molecule has 0 aliphatic heterocycles. The van der Waals surface area contributed by atoms with E-state index in [1.807, 2.05) is 0 Å². The van der Waals surface area contributed by atoms with E-state index in [2.05, 4.69) is 0 Å². The molecule has 68 valence electrons. The van der Waals surface area contributed by atoms with Gasteiger partial charge in [0.25, 0.3) is 0 Å². The van der Waals surface area contributed by atoms with Crippen LogP contribution in [0.25, 0.3) is 0 Å². The van der Waals surface area contributed by atoms with E-state index in [0.29, 0.717) is 0 Å². The molecule has 0 aliphatic rings. The molecule has 21 heteroatoms. The molecule has 0 amide bonds. The lowest BCUT2D eigenvalue weighted by Gasteiger charge is -2.46. The van der Waals surface area contributed by atoms with Gasteiger partial charge in [-0.1, -0.05) is 0 Å². The third-order valence-electron chi connectivity index (χ3n) is 4.00. The maximum atomic E-state index is 5.81. The molecule has 0 bridgehead atoms. The Labute approximate surface area is 156 Å². The second kappa shape index (κ2) is 10.4. The van der Waals surface area contributed by atoms with Crippen molar-refractivity contribution in [1.29, 1.82) is 0 Å². The largest absolute Gasteiger partial charge is 0.146 e. The Bertz CT molecular complexity index is 217. The van der Waals surface area contributed by atoms with E-state index in [9.17, 15) is 0 Å². The van der Waals surface area contributed by atoms with Crippen LogP contribution in [0.2, 0.25) is 5.62 Å². The molecular weight excluding hydrogens is 239 g/mol. The summed E-state index contributed by atoms with van der Waals surface area (Å²) in [5, 5.41) is 0. The zero-order valence-electron chi connectivity index (χ0n) is 12.7. The Hall–Kier alpha value is 1.36. The first-order chi connectivity index (χ1) is 9.93. The van der Waals surface area contributed by atoms with Gasteiger partial charge in [0.15, 0.2) is 0 Å². The minimum atomic E-state index is -0.926. The summed E-state index contributed by atoms with van der Waals surface area (Å²) in [6, 6.07) is 0. The second-order valence-corrected chi connectivity index (χ2v) is 5.77. The van der Waals surface area contributed by atoms with Crippen molar-refractivity contribution >= 4 is 151 Å². The molecule has 0 nitrogen and oxygen atoms in total. The third-order valence-corrected chi connectivity index (χ3v) is 4.00. The van der Waals surface area contributed by atoms with Crippen molar-refractivity contribution in [3.8, 4) is 0 Å². The highest BCUT2D eigenvalue weighted by molar-refractivity contribution is 7.94. The molecule has 0 aromatic rings. The molecule has 0 spiro atoms. The summed E-state index contributed by atoms with van der Waals surface area (Å²) < 4.78 is 0. The maximum absolute atomic E-state index is 5.81. The highest BCUT2D eigenvalue weighted by Crippen LogP contribution is 2.23. The van der Waals surface area contributed by atoms with E-state index < -0.39 is 63.4 Å². The predicted octanol–water partition coefficient (Wildman–Crippen LogP) is -7.66. The van der Waals surface area contributed by atoms with E-state index in [4.69, 9.17) is 92.8 Å². The van der Waals surface area contributed by atoms with Crippen LogP contribution in [0.1, 0.15) is 0 Å². The SMILES string of the molecule is [B]B([B])B(B([B])[B])C(B(B([B])[B])B([B])[B])B(B([B])[B])B([B])[B]. The van der Waals surface area contributed by atoms with Crippen LogP contribution < -0.4 is 0 Å². The van der Waals surface area contributed by atoms with Crippen LogP contribution in [0.4, 0.5) is 0 Å². The van der Waals surface area contributed by atoms with E-state index in [-0.39, 0.29) is 0 Å². The summed E-state index contributed by atoms with van der Waals surface area (Å²) in [5.74, 6) is 0. The van der Waals surface area contributed by atoms with Crippen molar-refractivity contribution in [3.63, 3.8) is 0 Å². The van der Waals surface area contributed by atoms with Crippen molar-refractivity contribution in [2.75, 3.05) is 0 Å². The molecule has 0 aromatic heterocycles. The first-order valence-corrected chi connectivity index (χ1v) is 7.00. The maximum Gasteiger partial charge on any atom is 0.0294 e. The molecule has 0 rings (SSSR count). The van der Waals surface area contributed by atoms with Crippen LogP contribution in [0.5, 0.6) is 0 Å². The van der Waals surface area contributed by atoms with Crippen molar-refractivity contribution in [2.45, 2.75) is 5.62 Å². The third kappa shape index (κ3) is 6.35. The van der Waals surface area contributed by atoms with Gasteiger partial charge in [-0.05, 0) is 0 Å². The van der Waals surface area contributed by atoms with Crippen LogP contribution in [0.3, 0.4) is 0 Å². The molecule has 0 atom stereocenters. The monoisotopic (exact) mass is 244 g/mol. The highest BCUT2D eigenvalue weighted by atomic mass is 13.6. The van der Waals surface area contributed by atoms with Crippen molar-refractivity contribution < 1.29 is 0 Å². The predicted molar refractivity (Wildman–Crippen MR) is 125 cm³/mol. The van der Waals surface area contributed by atoms with E-state index in [1.165, 1.54) is 0 Å². The van der Waals surface area contributed by atoms with Gasteiger partial charge in [0, 0.05) is 151 Å². The van der Waals surface area contributed by atoms with Crippen molar-refractivity contribution in [3.05, 3.63) is 0 Å². The summed E-state index contributed by atoms with van der Waals surface area (Å²) in [6.07, 6.45) is -5.56. The van der Waals surface area contributed by atoms with E-state index >= 15 is 0 Å². The number of rotatable bonds is 9. The molecule has 0 fully saturated rings. The van der Waals surface area contributed by atoms with Gasteiger partial charge in [-0.15, -0.1) is 5.62 Å². The topological polar surface area (TPSA) is 0 Å². The molecule has 0 saturated heterocycles. The molecular formula is CHB21. The minimum Gasteiger partial charge on any atom is -0.146 e. The lowest BCUT2D eigenvalue weighted by atomic mass is 8.53. The molecule has 0 unspecified atom stereocenters. The van der Waals surface area contributed by atoms with Gasteiger partial charge in [-0.25, -0.2) is 0 Å². The van der Waals surface area contributed by atoms with Gasteiger partial charge in [0.2, 0.25) is 0 Å². The fraction of sp³-hybridized carbons (Fsp3) is 1.00. The lowest BCUT2D eigenvalue weighted by Crippen LogP contribution is -2.73. The fourth-order valence-electron chi connectivity index (χ4n) is 3.08. The summed E-state index contributed by atoms with van der Waals surface area (Å²) in [6.45, 7) is -2.12. The Balaban J connectivity index is 6.03. The number of hydrogen-bond acceptors (Lipinski definition) is 0. The molecule has 0 aromatic carbocycles. The molecule has 0 N–H and O–H groups in total. The van der Waals surface area contributed by atoms with Gasteiger partial charge >= 0.3 is 0 Å². The van der Waals surface area contributed by atoms with E-state index in [1.54, 1.807) is 0 Å². The van der Waals surface area contributed by atoms with Crippen molar-refractivity contribution in [1.82, 2.24) is 0 Å². The van der Waals surface area contributed by atoms with Crippen LogP contribution >= 0.6 is 0 Å². The first-order valence-electron chi connectivity index (χ1n) is 7.00. The quantitative estimate of drug-likeness (QED) is 0.351. The van der Waals surface area contributed by atoms with Crippen molar-refractivity contribution in [2.24, 2.45) is 0 Å². The average Bonchev–Trinajstić information content (AvgIpc) is 2.24.